The van der Waals surface area contributed by atoms with Crippen molar-refractivity contribution in [3.05, 3.63) is 35.5 Å². The Morgan fingerprint density at radius 2 is 2.24 bits per heavy atom. The van der Waals surface area contributed by atoms with E-state index >= 15 is 0 Å². The molecule has 0 saturated carbocycles. The van der Waals surface area contributed by atoms with Crippen LogP contribution < -0.4 is 4.74 Å². The van der Waals surface area contributed by atoms with Crippen molar-refractivity contribution in [2.24, 2.45) is 0 Å². The molecule has 2 aromatic rings. The van der Waals surface area contributed by atoms with E-state index in [1.807, 2.05) is 25.1 Å². The number of fused-ring (bicyclic) bond motifs is 1. The van der Waals surface area contributed by atoms with Crippen molar-refractivity contribution in [1.29, 1.82) is 0 Å². The average Bonchev–Trinajstić information content (AvgIpc) is 2.63. The van der Waals surface area contributed by atoms with Gasteiger partial charge in [-0.1, -0.05) is 0 Å². The van der Waals surface area contributed by atoms with Crippen LogP contribution in [-0.2, 0) is 4.79 Å². The molecule has 0 radical (unpaired) electrons. The Hall–Kier alpha value is -2.23. The van der Waals surface area contributed by atoms with Gasteiger partial charge in [0.2, 0.25) is 0 Å². The maximum atomic E-state index is 10.5. The number of ether oxygens (including phenoxy) is 1. The molecule has 1 aromatic carbocycles. The zero-order chi connectivity index (χ0) is 12.4. The molecule has 0 aliphatic rings. The molecule has 0 aliphatic carbocycles. The Labute approximate surface area is 98.5 Å². The fourth-order valence-corrected chi connectivity index (χ4v) is 1.79. The molecule has 88 valence electrons. The first kappa shape index (κ1) is 11.3. The Morgan fingerprint density at radius 3 is 2.88 bits per heavy atom. The predicted molar refractivity (Wildman–Crippen MR) is 66.3 cm³/mol. The van der Waals surface area contributed by atoms with E-state index in [1.165, 1.54) is 0 Å². The third-order valence-electron chi connectivity index (χ3n) is 2.70. The molecule has 0 unspecified atom stereocenters. The summed E-state index contributed by atoms with van der Waals surface area (Å²) in [6.07, 6.45) is 2.68. The van der Waals surface area contributed by atoms with E-state index in [0.29, 0.717) is 0 Å². The van der Waals surface area contributed by atoms with Crippen LogP contribution in [0.1, 0.15) is 11.3 Å². The number of nitrogens with one attached hydrogen (secondary N) is 1. The normalized spacial score (nSPS) is 11.2. The highest BCUT2D eigenvalue weighted by Gasteiger charge is 2.06. The molecule has 1 aromatic heterocycles. The van der Waals surface area contributed by atoms with E-state index in [2.05, 4.69) is 4.98 Å². The largest absolute Gasteiger partial charge is 0.497 e. The number of hydrogen-bond acceptors (Lipinski definition) is 2. The first-order valence-corrected chi connectivity index (χ1v) is 5.19. The number of carboxylic acids is 1. The molecular weight excluding hydrogens is 218 g/mol. The van der Waals surface area contributed by atoms with Gasteiger partial charge < -0.3 is 14.8 Å². The lowest BCUT2D eigenvalue weighted by atomic mass is 10.1. The van der Waals surface area contributed by atoms with Crippen LogP contribution in [0.5, 0.6) is 5.75 Å². The maximum Gasteiger partial charge on any atom is 0.328 e. The summed E-state index contributed by atoms with van der Waals surface area (Å²) in [5.41, 5.74) is 2.77. The minimum atomic E-state index is -0.958. The molecule has 4 heteroatoms. The van der Waals surface area contributed by atoms with Crippen molar-refractivity contribution >= 4 is 22.9 Å². The quantitative estimate of drug-likeness (QED) is 0.798. The van der Waals surface area contributed by atoms with Gasteiger partial charge in [-0.3, -0.25) is 0 Å². The first-order valence-electron chi connectivity index (χ1n) is 5.19. The summed E-state index contributed by atoms with van der Waals surface area (Å²) in [5.74, 6) is -0.187. The van der Waals surface area contributed by atoms with Gasteiger partial charge in [0.1, 0.15) is 5.75 Å². The minimum Gasteiger partial charge on any atom is -0.497 e. The standard InChI is InChI=1S/C13H13NO3/c1-8-10-4-3-9(17-2)7-12(10)14-11(8)5-6-13(15)16/h3-7,14H,1-2H3,(H,15,16)/b6-5+. The van der Waals surface area contributed by atoms with E-state index in [0.717, 1.165) is 34.0 Å². The molecule has 0 aliphatic heterocycles. The Morgan fingerprint density at radius 1 is 1.47 bits per heavy atom. The lowest BCUT2D eigenvalue weighted by molar-refractivity contribution is -0.131. The third-order valence-corrected chi connectivity index (χ3v) is 2.70. The molecule has 0 spiro atoms. The molecule has 2 rings (SSSR count). The Bertz CT molecular complexity index is 596. The van der Waals surface area contributed by atoms with Crippen LogP contribution in [0.25, 0.3) is 17.0 Å². The number of carbonyl (C=O) groups is 1. The molecule has 0 saturated heterocycles. The second-order valence-electron chi connectivity index (χ2n) is 3.75. The molecular formula is C13H13NO3. The highest BCUT2D eigenvalue weighted by Crippen LogP contribution is 2.26. The fraction of sp³-hybridized carbons (Fsp3) is 0.154. The second-order valence-corrected chi connectivity index (χ2v) is 3.75. The number of rotatable bonds is 3. The summed E-state index contributed by atoms with van der Waals surface area (Å²) in [6.45, 7) is 1.95. The van der Waals surface area contributed by atoms with E-state index < -0.39 is 5.97 Å². The zero-order valence-electron chi connectivity index (χ0n) is 9.65. The molecule has 0 amide bonds. The number of aryl methyl sites for hydroxylation is 1. The summed E-state index contributed by atoms with van der Waals surface area (Å²) >= 11 is 0. The molecule has 2 N–H and O–H groups in total. The third kappa shape index (κ3) is 2.15. The van der Waals surface area contributed by atoms with Crippen molar-refractivity contribution in [2.45, 2.75) is 6.92 Å². The SMILES string of the molecule is COc1ccc2c(C)c(/C=C/C(=O)O)[nH]c2c1. The summed E-state index contributed by atoms with van der Waals surface area (Å²) < 4.78 is 5.14. The maximum absolute atomic E-state index is 10.5. The fourth-order valence-electron chi connectivity index (χ4n) is 1.79. The van der Waals surface area contributed by atoms with Crippen molar-refractivity contribution in [2.75, 3.05) is 7.11 Å². The van der Waals surface area contributed by atoms with E-state index in [1.54, 1.807) is 13.2 Å². The highest BCUT2D eigenvalue weighted by atomic mass is 16.5. The number of carboxylic acid groups (broad SMARTS) is 1. The number of H-pyrrole nitrogens is 1. The van der Waals surface area contributed by atoms with Gasteiger partial charge in [-0.2, -0.15) is 0 Å². The summed E-state index contributed by atoms with van der Waals surface area (Å²) in [6, 6.07) is 5.73. The topological polar surface area (TPSA) is 62.3 Å². The minimum absolute atomic E-state index is 0.771. The predicted octanol–water partition coefficient (Wildman–Crippen LogP) is 2.58. The van der Waals surface area contributed by atoms with Crippen molar-refractivity contribution in [3.63, 3.8) is 0 Å². The first-order chi connectivity index (χ1) is 8.11. The van der Waals surface area contributed by atoms with E-state index in [4.69, 9.17) is 9.84 Å². The van der Waals surface area contributed by atoms with Gasteiger partial charge in [-0.05, 0) is 30.7 Å². The smallest absolute Gasteiger partial charge is 0.328 e. The summed E-state index contributed by atoms with van der Waals surface area (Å²) in [5, 5.41) is 9.67. The van der Waals surface area contributed by atoms with Crippen LogP contribution in [-0.4, -0.2) is 23.2 Å². The van der Waals surface area contributed by atoms with Gasteiger partial charge in [0.05, 0.1) is 7.11 Å². The van der Waals surface area contributed by atoms with Crippen LogP contribution in [0.2, 0.25) is 0 Å². The number of aliphatic carboxylic acids is 1. The number of methoxy groups -OCH3 is 1. The number of benzene rings is 1. The summed E-state index contributed by atoms with van der Waals surface area (Å²) in [7, 11) is 1.61. The molecule has 17 heavy (non-hydrogen) atoms. The molecule has 0 fully saturated rings. The Balaban J connectivity index is 2.52. The number of hydrogen-bond donors (Lipinski definition) is 2. The number of aromatic nitrogens is 1. The Kier molecular flexibility index (Phi) is 2.87. The second kappa shape index (κ2) is 4.33. The molecule has 4 nitrogen and oxygen atoms in total. The monoisotopic (exact) mass is 231 g/mol. The molecule has 0 bridgehead atoms. The van der Waals surface area contributed by atoms with E-state index in [9.17, 15) is 4.79 Å². The van der Waals surface area contributed by atoms with E-state index in [-0.39, 0.29) is 0 Å². The van der Waals surface area contributed by atoms with Crippen LogP contribution in [0.4, 0.5) is 0 Å². The van der Waals surface area contributed by atoms with Gasteiger partial charge in [0.25, 0.3) is 0 Å². The van der Waals surface area contributed by atoms with Crippen molar-refractivity contribution in [3.8, 4) is 5.75 Å². The van der Waals surface area contributed by atoms with Crippen LogP contribution in [0.15, 0.2) is 24.3 Å². The van der Waals surface area contributed by atoms with Gasteiger partial charge in [-0.25, -0.2) is 4.79 Å². The zero-order valence-corrected chi connectivity index (χ0v) is 9.65. The molecule has 0 atom stereocenters. The molecule has 1 heterocycles. The van der Waals surface area contributed by atoms with Gasteiger partial charge >= 0.3 is 5.97 Å². The van der Waals surface area contributed by atoms with Gasteiger partial charge in [0.15, 0.2) is 0 Å². The lowest BCUT2D eigenvalue weighted by Crippen LogP contribution is -1.86. The number of aromatic amines is 1. The van der Waals surface area contributed by atoms with Gasteiger partial charge in [-0.15, -0.1) is 0 Å². The van der Waals surface area contributed by atoms with Crippen LogP contribution in [0, 0.1) is 6.92 Å². The highest BCUT2D eigenvalue weighted by molar-refractivity contribution is 5.91. The average molecular weight is 231 g/mol. The van der Waals surface area contributed by atoms with Crippen molar-refractivity contribution < 1.29 is 14.6 Å². The van der Waals surface area contributed by atoms with Crippen LogP contribution in [0.3, 0.4) is 0 Å². The lowest BCUT2D eigenvalue weighted by Gasteiger charge is -1.98. The van der Waals surface area contributed by atoms with Gasteiger partial charge in [0, 0.05) is 28.7 Å². The van der Waals surface area contributed by atoms with Crippen LogP contribution >= 0.6 is 0 Å². The summed E-state index contributed by atoms with van der Waals surface area (Å²) in [4.78, 5) is 13.6. The van der Waals surface area contributed by atoms with Crippen molar-refractivity contribution in [1.82, 2.24) is 4.98 Å².